The number of anilines is 1. The Labute approximate surface area is 163 Å². The van der Waals surface area contributed by atoms with Crippen LogP contribution in [0.3, 0.4) is 0 Å². The van der Waals surface area contributed by atoms with Crippen molar-refractivity contribution in [2.75, 3.05) is 11.4 Å². The summed E-state index contributed by atoms with van der Waals surface area (Å²) >= 11 is 0. The van der Waals surface area contributed by atoms with Gasteiger partial charge in [0.05, 0.1) is 16.5 Å². The lowest BCUT2D eigenvalue weighted by molar-refractivity contribution is -0.384. The molecule has 8 heteroatoms. The van der Waals surface area contributed by atoms with Crippen LogP contribution in [0, 0.1) is 16.0 Å². The summed E-state index contributed by atoms with van der Waals surface area (Å²) in [6, 6.07) is 4.57. The van der Waals surface area contributed by atoms with E-state index in [-0.39, 0.29) is 35.7 Å². The van der Waals surface area contributed by atoms with Crippen molar-refractivity contribution in [3.63, 3.8) is 0 Å². The number of amides is 2. The van der Waals surface area contributed by atoms with Crippen molar-refractivity contribution in [3.8, 4) is 0 Å². The monoisotopic (exact) mass is 387 g/mol. The van der Waals surface area contributed by atoms with E-state index in [0.29, 0.717) is 25.1 Å². The van der Waals surface area contributed by atoms with Crippen LogP contribution in [0.1, 0.15) is 45.6 Å². The number of nitro groups is 1. The largest absolute Gasteiger partial charge is 0.444 e. The first-order chi connectivity index (χ1) is 13.2. The predicted molar refractivity (Wildman–Crippen MR) is 102 cm³/mol. The fourth-order valence-electron chi connectivity index (χ4n) is 4.76. The molecule has 3 atom stereocenters. The minimum Gasteiger partial charge on any atom is -0.444 e. The Balaban J connectivity index is 1.54. The van der Waals surface area contributed by atoms with E-state index in [0.717, 1.165) is 18.4 Å². The Morgan fingerprint density at radius 2 is 2.00 bits per heavy atom. The van der Waals surface area contributed by atoms with Crippen molar-refractivity contribution >= 4 is 23.4 Å². The molecule has 0 saturated carbocycles. The van der Waals surface area contributed by atoms with E-state index in [1.165, 1.54) is 12.1 Å². The number of nitrogens with zero attached hydrogens (tertiary/aromatic N) is 3. The highest BCUT2D eigenvalue weighted by Gasteiger charge is 2.53. The fourth-order valence-corrected chi connectivity index (χ4v) is 4.76. The summed E-state index contributed by atoms with van der Waals surface area (Å²) < 4.78 is 5.54. The molecule has 3 aliphatic heterocycles. The zero-order chi connectivity index (χ0) is 20.2. The number of nitro benzene ring substituents is 1. The summed E-state index contributed by atoms with van der Waals surface area (Å²) in [5, 5.41) is 11.1. The van der Waals surface area contributed by atoms with Gasteiger partial charge in [-0.15, -0.1) is 0 Å². The van der Waals surface area contributed by atoms with Gasteiger partial charge in [-0.3, -0.25) is 14.9 Å². The molecule has 3 aliphatic rings. The molecule has 3 unspecified atom stereocenters. The summed E-state index contributed by atoms with van der Waals surface area (Å²) in [5.41, 5.74) is 0.990. The van der Waals surface area contributed by atoms with Crippen LogP contribution in [0.4, 0.5) is 16.2 Å². The second-order valence-electron chi connectivity index (χ2n) is 8.84. The van der Waals surface area contributed by atoms with Crippen molar-refractivity contribution in [2.24, 2.45) is 5.92 Å². The molecule has 4 rings (SSSR count). The van der Waals surface area contributed by atoms with Crippen LogP contribution >= 0.6 is 0 Å². The number of non-ortho nitro benzene ring substituents is 1. The van der Waals surface area contributed by atoms with Gasteiger partial charge in [-0.2, -0.15) is 0 Å². The Bertz CT molecular complexity index is 847. The van der Waals surface area contributed by atoms with Crippen LogP contribution in [0.15, 0.2) is 18.2 Å². The van der Waals surface area contributed by atoms with Crippen molar-refractivity contribution in [1.82, 2.24) is 4.90 Å². The number of carbonyl (C=O) groups is 2. The van der Waals surface area contributed by atoms with E-state index in [2.05, 4.69) is 0 Å². The Kier molecular flexibility index (Phi) is 4.32. The number of hydrogen-bond donors (Lipinski definition) is 0. The van der Waals surface area contributed by atoms with Crippen molar-refractivity contribution < 1.29 is 19.2 Å². The van der Waals surface area contributed by atoms with Crippen LogP contribution in [-0.2, 0) is 16.0 Å². The molecule has 2 bridgehead atoms. The van der Waals surface area contributed by atoms with Gasteiger partial charge in [0.1, 0.15) is 5.60 Å². The second kappa shape index (κ2) is 6.46. The standard InChI is InChI=1S/C20H25N3O5/c1-20(2,3)28-19(25)22-13-6-7-16(22)15(10-13)18(24)21-9-8-12-4-5-14(23(26)27)11-17(12)21/h4-5,11,13,15-16H,6-10H2,1-3H3. The molecule has 2 saturated heterocycles. The zero-order valence-electron chi connectivity index (χ0n) is 16.4. The van der Waals surface area contributed by atoms with E-state index in [9.17, 15) is 19.7 Å². The summed E-state index contributed by atoms with van der Waals surface area (Å²) in [6.45, 7) is 6.02. The molecule has 0 spiro atoms. The van der Waals surface area contributed by atoms with E-state index in [1.807, 2.05) is 20.8 Å². The van der Waals surface area contributed by atoms with Gasteiger partial charge in [0.25, 0.3) is 5.69 Å². The lowest BCUT2D eigenvalue weighted by Crippen LogP contribution is -2.44. The SMILES string of the molecule is CC(C)(C)OC(=O)N1C2CCC1C(C(=O)N1CCc3ccc([N+](=O)[O-])cc31)C2. The van der Waals surface area contributed by atoms with E-state index in [1.54, 1.807) is 15.9 Å². The zero-order valence-corrected chi connectivity index (χ0v) is 16.4. The molecule has 0 N–H and O–H groups in total. The van der Waals surface area contributed by atoms with Gasteiger partial charge >= 0.3 is 6.09 Å². The van der Waals surface area contributed by atoms with Crippen molar-refractivity contribution in [1.29, 1.82) is 0 Å². The summed E-state index contributed by atoms with van der Waals surface area (Å²) in [6.07, 6.45) is 2.64. The summed E-state index contributed by atoms with van der Waals surface area (Å²) in [4.78, 5) is 40.0. The second-order valence-corrected chi connectivity index (χ2v) is 8.84. The highest BCUT2D eigenvalue weighted by molar-refractivity contribution is 5.98. The summed E-state index contributed by atoms with van der Waals surface area (Å²) in [7, 11) is 0. The Morgan fingerprint density at radius 1 is 1.25 bits per heavy atom. The van der Waals surface area contributed by atoms with Gasteiger partial charge < -0.3 is 14.5 Å². The summed E-state index contributed by atoms with van der Waals surface area (Å²) in [5.74, 6) is -0.323. The third-order valence-corrected chi connectivity index (χ3v) is 5.90. The molecular formula is C20H25N3O5. The molecular weight excluding hydrogens is 362 g/mol. The van der Waals surface area contributed by atoms with E-state index in [4.69, 9.17) is 4.74 Å². The molecule has 2 amide bonds. The highest BCUT2D eigenvalue weighted by Crippen LogP contribution is 2.44. The normalized spacial score (nSPS) is 25.8. The third-order valence-electron chi connectivity index (χ3n) is 5.90. The lowest BCUT2D eigenvalue weighted by atomic mass is 9.88. The lowest BCUT2D eigenvalue weighted by Gasteiger charge is -2.29. The molecule has 2 fully saturated rings. The van der Waals surface area contributed by atoms with Crippen LogP contribution in [0.5, 0.6) is 0 Å². The maximum atomic E-state index is 13.3. The Hall–Kier alpha value is -2.64. The number of hydrogen-bond acceptors (Lipinski definition) is 5. The van der Waals surface area contributed by atoms with Crippen molar-refractivity contribution in [3.05, 3.63) is 33.9 Å². The molecule has 28 heavy (non-hydrogen) atoms. The van der Waals surface area contributed by atoms with E-state index < -0.39 is 10.5 Å². The number of carbonyl (C=O) groups excluding carboxylic acids is 2. The molecule has 3 heterocycles. The minimum absolute atomic E-state index is 0.0122. The predicted octanol–water partition coefficient (Wildman–Crippen LogP) is 3.27. The maximum absolute atomic E-state index is 13.3. The smallest absolute Gasteiger partial charge is 0.410 e. The molecule has 1 aromatic rings. The highest BCUT2D eigenvalue weighted by atomic mass is 16.6. The molecule has 0 radical (unpaired) electrons. The maximum Gasteiger partial charge on any atom is 0.410 e. The van der Waals surface area contributed by atoms with Gasteiger partial charge in [-0.1, -0.05) is 6.07 Å². The van der Waals surface area contributed by atoms with Crippen molar-refractivity contribution in [2.45, 2.75) is 64.1 Å². The molecule has 1 aromatic carbocycles. The van der Waals surface area contributed by atoms with Crippen LogP contribution in [0.2, 0.25) is 0 Å². The number of rotatable bonds is 2. The van der Waals surface area contributed by atoms with Crippen LogP contribution in [0.25, 0.3) is 0 Å². The number of ether oxygens (including phenoxy) is 1. The van der Waals surface area contributed by atoms with Gasteiger partial charge in [0.15, 0.2) is 0 Å². The van der Waals surface area contributed by atoms with E-state index >= 15 is 0 Å². The Morgan fingerprint density at radius 3 is 2.68 bits per heavy atom. The molecule has 0 aliphatic carbocycles. The number of fused-ring (bicyclic) bond motifs is 3. The first kappa shape index (κ1) is 18.7. The minimum atomic E-state index is -0.578. The average molecular weight is 387 g/mol. The van der Waals surface area contributed by atoms with Crippen LogP contribution < -0.4 is 4.90 Å². The average Bonchev–Trinajstić information content (AvgIpc) is 3.31. The first-order valence-corrected chi connectivity index (χ1v) is 9.76. The van der Waals surface area contributed by atoms with Gasteiger partial charge in [-0.25, -0.2) is 4.79 Å². The topological polar surface area (TPSA) is 93.0 Å². The number of benzene rings is 1. The quantitative estimate of drug-likeness (QED) is 0.573. The van der Waals surface area contributed by atoms with Gasteiger partial charge in [0.2, 0.25) is 5.91 Å². The van der Waals surface area contributed by atoms with Crippen LogP contribution in [-0.4, -0.2) is 46.1 Å². The molecule has 150 valence electrons. The van der Waals surface area contributed by atoms with Gasteiger partial charge in [0, 0.05) is 30.8 Å². The molecule has 8 nitrogen and oxygen atoms in total. The van der Waals surface area contributed by atoms with Gasteiger partial charge in [-0.05, 0) is 52.0 Å². The third kappa shape index (κ3) is 3.10. The fraction of sp³-hybridized carbons (Fsp3) is 0.600. The first-order valence-electron chi connectivity index (χ1n) is 9.76. The molecule has 0 aromatic heterocycles.